The second kappa shape index (κ2) is 6.42. The Morgan fingerprint density at radius 3 is 3.13 bits per heavy atom. The van der Waals surface area contributed by atoms with E-state index in [2.05, 4.69) is 17.3 Å². The van der Waals surface area contributed by atoms with Crippen LogP contribution in [0.25, 0.3) is 0 Å². The highest BCUT2D eigenvalue weighted by Gasteiger charge is 2.03. The van der Waals surface area contributed by atoms with Gasteiger partial charge in [-0.1, -0.05) is 0 Å². The first kappa shape index (κ1) is 12.0. The molecule has 0 fully saturated rings. The van der Waals surface area contributed by atoms with E-state index in [1.165, 1.54) is 0 Å². The van der Waals surface area contributed by atoms with E-state index in [-0.39, 0.29) is 12.6 Å². The lowest BCUT2D eigenvalue weighted by atomic mass is 10.3. The molecule has 5 heteroatoms. The highest BCUT2D eigenvalue weighted by molar-refractivity contribution is 5.39. The smallest absolute Gasteiger partial charge is 0.0729 e. The van der Waals surface area contributed by atoms with E-state index >= 15 is 0 Å². The van der Waals surface area contributed by atoms with Crippen molar-refractivity contribution in [1.82, 2.24) is 9.78 Å². The van der Waals surface area contributed by atoms with Crippen molar-refractivity contribution < 1.29 is 9.84 Å². The van der Waals surface area contributed by atoms with Gasteiger partial charge in [0.25, 0.3) is 0 Å². The van der Waals surface area contributed by atoms with E-state index < -0.39 is 0 Å². The summed E-state index contributed by atoms with van der Waals surface area (Å²) in [6.45, 7) is 6.08. The molecule has 1 atom stereocenters. The van der Waals surface area contributed by atoms with Crippen molar-refractivity contribution in [3.05, 3.63) is 12.4 Å². The zero-order valence-corrected chi connectivity index (χ0v) is 9.31. The van der Waals surface area contributed by atoms with Crippen molar-refractivity contribution in [2.75, 3.05) is 25.1 Å². The fourth-order valence-corrected chi connectivity index (χ4v) is 1.28. The zero-order valence-electron chi connectivity index (χ0n) is 9.31. The van der Waals surface area contributed by atoms with Crippen LogP contribution >= 0.6 is 0 Å². The van der Waals surface area contributed by atoms with E-state index in [0.717, 1.165) is 12.3 Å². The molecule has 0 radical (unpaired) electrons. The number of aliphatic hydroxyl groups is 1. The molecule has 15 heavy (non-hydrogen) atoms. The van der Waals surface area contributed by atoms with Crippen molar-refractivity contribution in [2.45, 2.75) is 26.4 Å². The summed E-state index contributed by atoms with van der Waals surface area (Å²) in [5, 5.41) is 16.1. The van der Waals surface area contributed by atoms with Gasteiger partial charge in [0.2, 0.25) is 0 Å². The first-order chi connectivity index (χ1) is 7.26. The van der Waals surface area contributed by atoms with Gasteiger partial charge in [-0.05, 0) is 13.8 Å². The van der Waals surface area contributed by atoms with Crippen molar-refractivity contribution in [1.29, 1.82) is 0 Å². The van der Waals surface area contributed by atoms with E-state index in [4.69, 9.17) is 9.84 Å². The highest BCUT2D eigenvalue weighted by atomic mass is 16.5. The molecule has 1 aromatic heterocycles. The third kappa shape index (κ3) is 4.31. The predicted octanol–water partition coefficient (Wildman–Crippen LogP) is 0.712. The van der Waals surface area contributed by atoms with Crippen LogP contribution in [0.3, 0.4) is 0 Å². The van der Waals surface area contributed by atoms with Crippen molar-refractivity contribution in [3.63, 3.8) is 0 Å². The molecule has 0 aliphatic heterocycles. The van der Waals surface area contributed by atoms with Gasteiger partial charge in [0.15, 0.2) is 0 Å². The van der Waals surface area contributed by atoms with Crippen LogP contribution in [0.4, 0.5) is 5.69 Å². The SMILES string of the molecule is CCOCC(C)Nc1cnn(CCO)c1. The molecular weight excluding hydrogens is 194 g/mol. The van der Waals surface area contributed by atoms with Gasteiger partial charge in [-0.3, -0.25) is 4.68 Å². The van der Waals surface area contributed by atoms with Crippen LogP contribution in [0, 0.1) is 0 Å². The topological polar surface area (TPSA) is 59.3 Å². The number of rotatable bonds is 7. The quantitative estimate of drug-likeness (QED) is 0.700. The number of hydrogen-bond donors (Lipinski definition) is 2. The van der Waals surface area contributed by atoms with Gasteiger partial charge < -0.3 is 15.2 Å². The van der Waals surface area contributed by atoms with Gasteiger partial charge in [0, 0.05) is 18.8 Å². The molecule has 86 valence electrons. The molecule has 0 saturated carbocycles. The molecule has 1 heterocycles. The molecule has 2 N–H and O–H groups in total. The zero-order chi connectivity index (χ0) is 11.1. The molecule has 0 aliphatic rings. The predicted molar refractivity (Wildman–Crippen MR) is 58.9 cm³/mol. The Kier molecular flexibility index (Phi) is 5.14. The standard InChI is InChI=1S/C10H19N3O2/c1-3-15-8-9(2)12-10-6-11-13(7-10)4-5-14/h6-7,9,12,14H,3-5,8H2,1-2H3. The van der Waals surface area contributed by atoms with Gasteiger partial charge in [0.05, 0.1) is 31.6 Å². The molecule has 5 nitrogen and oxygen atoms in total. The van der Waals surface area contributed by atoms with Crippen LogP contribution in [0.15, 0.2) is 12.4 Å². The first-order valence-corrected chi connectivity index (χ1v) is 5.23. The highest BCUT2D eigenvalue weighted by Crippen LogP contribution is 2.06. The maximum Gasteiger partial charge on any atom is 0.0729 e. The second-order valence-corrected chi connectivity index (χ2v) is 3.42. The molecular formula is C10H19N3O2. The van der Waals surface area contributed by atoms with Crippen LogP contribution in [-0.2, 0) is 11.3 Å². The third-order valence-electron chi connectivity index (χ3n) is 1.95. The monoisotopic (exact) mass is 213 g/mol. The summed E-state index contributed by atoms with van der Waals surface area (Å²) in [5.74, 6) is 0. The Bertz CT molecular complexity index is 275. The van der Waals surface area contributed by atoms with Gasteiger partial charge in [-0.15, -0.1) is 0 Å². The van der Waals surface area contributed by atoms with Crippen LogP contribution in [0.2, 0.25) is 0 Å². The van der Waals surface area contributed by atoms with E-state index in [1.54, 1.807) is 10.9 Å². The Morgan fingerprint density at radius 1 is 1.67 bits per heavy atom. The average Bonchev–Trinajstić information content (AvgIpc) is 2.63. The summed E-state index contributed by atoms with van der Waals surface area (Å²) < 4.78 is 7.00. The lowest BCUT2D eigenvalue weighted by molar-refractivity contribution is 0.141. The Morgan fingerprint density at radius 2 is 2.47 bits per heavy atom. The van der Waals surface area contributed by atoms with Crippen LogP contribution in [0.1, 0.15) is 13.8 Å². The van der Waals surface area contributed by atoms with E-state index in [9.17, 15) is 0 Å². The van der Waals surface area contributed by atoms with E-state index in [1.807, 2.05) is 13.1 Å². The molecule has 1 rings (SSSR count). The number of aromatic nitrogens is 2. The summed E-state index contributed by atoms with van der Waals surface area (Å²) in [7, 11) is 0. The molecule has 0 aliphatic carbocycles. The number of nitrogens with zero attached hydrogens (tertiary/aromatic N) is 2. The number of anilines is 1. The van der Waals surface area contributed by atoms with Crippen LogP contribution < -0.4 is 5.32 Å². The van der Waals surface area contributed by atoms with Gasteiger partial charge in [-0.25, -0.2) is 0 Å². The minimum atomic E-state index is 0.107. The molecule has 0 bridgehead atoms. The summed E-state index contributed by atoms with van der Waals surface area (Å²) >= 11 is 0. The van der Waals surface area contributed by atoms with Crippen molar-refractivity contribution in [3.8, 4) is 0 Å². The molecule has 0 spiro atoms. The fraction of sp³-hybridized carbons (Fsp3) is 0.700. The normalized spacial score (nSPS) is 12.7. The summed E-state index contributed by atoms with van der Waals surface area (Å²) in [6, 6.07) is 0.261. The molecule has 0 aromatic carbocycles. The molecule has 1 unspecified atom stereocenters. The first-order valence-electron chi connectivity index (χ1n) is 5.23. The summed E-state index contributed by atoms with van der Waals surface area (Å²) in [5.41, 5.74) is 0.954. The summed E-state index contributed by atoms with van der Waals surface area (Å²) in [4.78, 5) is 0. The average molecular weight is 213 g/mol. The fourth-order valence-electron chi connectivity index (χ4n) is 1.28. The van der Waals surface area contributed by atoms with Crippen molar-refractivity contribution in [2.24, 2.45) is 0 Å². The minimum Gasteiger partial charge on any atom is -0.394 e. The third-order valence-corrected chi connectivity index (χ3v) is 1.95. The maximum atomic E-state index is 8.73. The maximum absolute atomic E-state index is 8.73. The molecule has 0 amide bonds. The molecule has 0 saturated heterocycles. The Balaban J connectivity index is 2.35. The number of ether oxygens (including phenoxy) is 1. The summed E-state index contributed by atoms with van der Waals surface area (Å²) in [6.07, 6.45) is 3.62. The lowest BCUT2D eigenvalue weighted by Crippen LogP contribution is -2.21. The van der Waals surface area contributed by atoms with Crippen LogP contribution in [-0.4, -0.2) is 40.7 Å². The van der Waals surface area contributed by atoms with Gasteiger partial charge in [0.1, 0.15) is 0 Å². The number of aliphatic hydroxyl groups excluding tert-OH is 1. The minimum absolute atomic E-state index is 0.107. The number of nitrogens with one attached hydrogen (secondary N) is 1. The van der Waals surface area contributed by atoms with Crippen LogP contribution in [0.5, 0.6) is 0 Å². The van der Waals surface area contributed by atoms with Crippen molar-refractivity contribution >= 4 is 5.69 Å². The second-order valence-electron chi connectivity index (χ2n) is 3.42. The number of hydrogen-bond acceptors (Lipinski definition) is 4. The lowest BCUT2D eigenvalue weighted by Gasteiger charge is -2.12. The Hall–Kier alpha value is -1.07. The van der Waals surface area contributed by atoms with E-state index in [0.29, 0.717) is 13.2 Å². The Labute approximate surface area is 90.1 Å². The van der Waals surface area contributed by atoms with Gasteiger partial charge in [-0.2, -0.15) is 5.10 Å². The van der Waals surface area contributed by atoms with Gasteiger partial charge >= 0.3 is 0 Å². The molecule has 1 aromatic rings. The largest absolute Gasteiger partial charge is 0.394 e.